The highest BCUT2D eigenvalue weighted by molar-refractivity contribution is 5.89. The van der Waals surface area contributed by atoms with Gasteiger partial charge >= 0.3 is 5.97 Å². The molecule has 0 heterocycles. The summed E-state index contributed by atoms with van der Waals surface area (Å²) in [5.41, 5.74) is 0.101. The van der Waals surface area contributed by atoms with Gasteiger partial charge in [0.05, 0.1) is 11.7 Å². The molecule has 0 amide bonds. The van der Waals surface area contributed by atoms with E-state index in [4.69, 9.17) is 4.74 Å². The molecule has 1 aliphatic carbocycles. The van der Waals surface area contributed by atoms with E-state index >= 15 is 0 Å². The Morgan fingerprint density at radius 1 is 1.30 bits per heavy atom. The van der Waals surface area contributed by atoms with E-state index in [1.807, 2.05) is 13.0 Å². The van der Waals surface area contributed by atoms with Crippen LogP contribution in [0.1, 0.15) is 37.6 Å². The Balaban J connectivity index is 1.96. The molecule has 0 radical (unpaired) electrons. The van der Waals surface area contributed by atoms with Crippen LogP contribution in [0, 0.1) is 10.8 Å². The lowest BCUT2D eigenvalue weighted by molar-refractivity contribution is -0.0558. The Bertz CT molecular complexity index is 504. The van der Waals surface area contributed by atoms with Crippen molar-refractivity contribution in [2.45, 2.75) is 33.3 Å². The largest absolute Gasteiger partial charge is 0.459 e. The third-order valence-corrected chi connectivity index (χ3v) is 4.67. The Morgan fingerprint density at radius 2 is 1.95 bits per heavy atom. The fourth-order valence-corrected chi connectivity index (χ4v) is 2.61. The van der Waals surface area contributed by atoms with Gasteiger partial charge < -0.3 is 9.84 Å². The monoisotopic (exact) mass is 274 g/mol. The van der Waals surface area contributed by atoms with Crippen LogP contribution in [0.4, 0.5) is 0 Å². The fraction of sp³-hybridized carbons (Fsp3) is 0.471. The second-order valence-electron chi connectivity index (χ2n) is 6.23. The highest BCUT2D eigenvalue weighted by atomic mass is 16.5. The number of ether oxygens (including phenoxy) is 1. The van der Waals surface area contributed by atoms with Crippen molar-refractivity contribution in [1.82, 2.24) is 0 Å². The van der Waals surface area contributed by atoms with Gasteiger partial charge in [-0.2, -0.15) is 0 Å². The van der Waals surface area contributed by atoms with Crippen molar-refractivity contribution in [3.63, 3.8) is 0 Å². The van der Waals surface area contributed by atoms with Crippen LogP contribution >= 0.6 is 0 Å². The fourth-order valence-electron chi connectivity index (χ4n) is 2.61. The molecular formula is C17H22O3. The number of carbonyl (C=O) groups is 1. The van der Waals surface area contributed by atoms with E-state index in [1.165, 1.54) is 0 Å². The van der Waals surface area contributed by atoms with Crippen LogP contribution in [0.15, 0.2) is 42.5 Å². The van der Waals surface area contributed by atoms with E-state index in [0.717, 1.165) is 6.42 Å². The van der Waals surface area contributed by atoms with Crippen LogP contribution < -0.4 is 0 Å². The minimum Gasteiger partial charge on any atom is -0.459 e. The van der Waals surface area contributed by atoms with Crippen LogP contribution in [-0.4, -0.2) is 23.8 Å². The van der Waals surface area contributed by atoms with Crippen molar-refractivity contribution in [2.75, 3.05) is 6.61 Å². The molecule has 0 saturated heterocycles. The normalized spacial score (nSPS) is 25.4. The Kier molecular flexibility index (Phi) is 4.00. The van der Waals surface area contributed by atoms with Gasteiger partial charge in [0.2, 0.25) is 0 Å². The maximum absolute atomic E-state index is 11.9. The molecule has 3 nitrogen and oxygen atoms in total. The van der Waals surface area contributed by atoms with Crippen molar-refractivity contribution in [1.29, 1.82) is 0 Å². The SMILES string of the molecule is CC1(C)C=CCC1(C)[C@H](O)COC(=O)c1ccccc1. The predicted octanol–water partition coefficient (Wildman–Crippen LogP) is 3.20. The number of allylic oxidation sites excluding steroid dienone is 2. The summed E-state index contributed by atoms with van der Waals surface area (Å²) >= 11 is 0. The average Bonchev–Trinajstić information content (AvgIpc) is 2.71. The predicted molar refractivity (Wildman–Crippen MR) is 78.4 cm³/mol. The Labute approximate surface area is 120 Å². The van der Waals surface area contributed by atoms with Gasteiger partial charge in [0.15, 0.2) is 0 Å². The van der Waals surface area contributed by atoms with Gasteiger partial charge in [0, 0.05) is 5.41 Å². The molecule has 0 spiro atoms. The van der Waals surface area contributed by atoms with Gasteiger partial charge in [-0.15, -0.1) is 0 Å². The van der Waals surface area contributed by atoms with Gasteiger partial charge in [-0.05, 0) is 24.0 Å². The third kappa shape index (κ3) is 2.63. The molecule has 1 aromatic carbocycles. The van der Waals surface area contributed by atoms with E-state index in [-0.39, 0.29) is 17.4 Å². The van der Waals surface area contributed by atoms with Crippen LogP contribution in [0.2, 0.25) is 0 Å². The minimum atomic E-state index is -0.680. The number of esters is 1. The van der Waals surface area contributed by atoms with Gasteiger partial charge in [-0.1, -0.05) is 51.1 Å². The maximum Gasteiger partial charge on any atom is 0.338 e. The van der Waals surface area contributed by atoms with Gasteiger partial charge in [0.25, 0.3) is 0 Å². The molecule has 0 aromatic heterocycles. The first-order valence-corrected chi connectivity index (χ1v) is 6.95. The number of rotatable bonds is 4. The summed E-state index contributed by atoms with van der Waals surface area (Å²) in [6.07, 6.45) is 4.32. The molecule has 0 bridgehead atoms. The summed E-state index contributed by atoms with van der Waals surface area (Å²) in [4.78, 5) is 11.9. The maximum atomic E-state index is 11.9. The smallest absolute Gasteiger partial charge is 0.338 e. The number of hydrogen-bond acceptors (Lipinski definition) is 3. The molecule has 0 saturated carbocycles. The third-order valence-electron chi connectivity index (χ3n) is 4.67. The molecule has 2 atom stereocenters. The quantitative estimate of drug-likeness (QED) is 0.677. The first-order chi connectivity index (χ1) is 9.37. The summed E-state index contributed by atoms with van der Waals surface area (Å²) in [7, 11) is 0. The summed E-state index contributed by atoms with van der Waals surface area (Å²) in [6, 6.07) is 8.84. The van der Waals surface area contributed by atoms with Crippen LogP contribution in [0.25, 0.3) is 0 Å². The van der Waals surface area contributed by atoms with Crippen molar-refractivity contribution >= 4 is 5.97 Å². The molecule has 20 heavy (non-hydrogen) atoms. The number of carbonyl (C=O) groups excluding carboxylic acids is 1. The molecule has 1 aromatic rings. The van der Waals surface area contributed by atoms with Gasteiger partial charge in [-0.25, -0.2) is 4.79 Å². The highest BCUT2D eigenvalue weighted by Gasteiger charge is 2.47. The molecule has 0 aliphatic heterocycles. The molecular weight excluding hydrogens is 252 g/mol. The van der Waals surface area contributed by atoms with Crippen LogP contribution in [-0.2, 0) is 4.74 Å². The summed E-state index contributed by atoms with van der Waals surface area (Å²) < 4.78 is 5.24. The van der Waals surface area contributed by atoms with E-state index in [2.05, 4.69) is 26.0 Å². The zero-order valence-corrected chi connectivity index (χ0v) is 12.3. The number of aliphatic hydroxyl groups excluding tert-OH is 1. The van der Waals surface area contributed by atoms with Gasteiger partial charge in [-0.3, -0.25) is 0 Å². The lowest BCUT2D eigenvalue weighted by Crippen LogP contribution is -2.44. The Hall–Kier alpha value is -1.61. The molecule has 1 N–H and O–H groups in total. The number of hydrogen-bond donors (Lipinski definition) is 1. The van der Waals surface area contributed by atoms with Crippen LogP contribution in [0.3, 0.4) is 0 Å². The van der Waals surface area contributed by atoms with Crippen molar-refractivity contribution in [3.8, 4) is 0 Å². The van der Waals surface area contributed by atoms with E-state index < -0.39 is 12.1 Å². The zero-order valence-electron chi connectivity index (χ0n) is 12.3. The van der Waals surface area contributed by atoms with Gasteiger partial charge in [0.1, 0.15) is 6.61 Å². The first kappa shape index (κ1) is 14.8. The van der Waals surface area contributed by atoms with E-state index in [0.29, 0.717) is 5.56 Å². The van der Waals surface area contributed by atoms with Crippen molar-refractivity contribution in [3.05, 3.63) is 48.0 Å². The van der Waals surface area contributed by atoms with Crippen molar-refractivity contribution in [2.24, 2.45) is 10.8 Å². The lowest BCUT2D eigenvalue weighted by atomic mass is 9.65. The molecule has 3 heteroatoms. The van der Waals surface area contributed by atoms with Crippen LogP contribution in [0.5, 0.6) is 0 Å². The summed E-state index contributed by atoms with van der Waals surface area (Å²) in [5, 5.41) is 10.4. The van der Waals surface area contributed by atoms with E-state index in [1.54, 1.807) is 24.3 Å². The zero-order chi connectivity index (χ0) is 14.8. The molecule has 1 unspecified atom stereocenters. The first-order valence-electron chi connectivity index (χ1n) is 6.95. The second kappa shape index (κ2) is 5.41. The highest BCUT2D eigenvalue weighted by Crippen LogP contribution is 2.50. The number of aliphatic hydroxyl groups is 1. The topological polar surface area (TPSA) is 46.5 Å². The van der Waals surface area contributed by atoms with E-state index in [9.17, 15) is 9.90 Å². The second-order valence-corrected chi connectivity index (χ2v) is 6.23. The molecule has 0 fully saturated rings. The molecule has 108 valence electrons. The average molecular weight is 274 g/mol. The van der Waals surface area contributed by atoms with Crippen molar-refractivity contribution < 1.29 is 14.6 Å². The molecule has 1 aliphatic rings. The number of benzene rings is 1. The lowest BCUT2D eigenvalue weighted by Gasteiger charge is -2.41. The summed E-state index contributed by atoms with van der Waals surface area (Å²) in [6.45, 7) is 6.25. The Morgan fingerprint density at radius 3 is 2.50 bits per heavy atom. The standard InChI is InChI=1S/C17H22O3/c1-16(2)10-7-11-17(16,3)14(18)12-20-15(19)13-8-5-4-6-9-13/h4-10,14,18H,11-12H2,1-3H3/t14-,17?/m1/s1. The minimum absolute atomic E-state index is 0.0232. The molecule has 2 rings (SSSR count). The summed E-state index contributed by atoms with van der Waals surface area (Å²) in [5.74, 6) is -0.392.